The molecule has 8 nitrogen and oxygen atoms in total. The van der Waals surface area contributed by atoms with Crippen LogP contribution in [0.3, 0.4) is 0 Å². The number of pyridine rings is 1. The number of carbonyl (C=O) groups excluding carboxylic acids is 2. The van der Waals surface area contributed by atoms with Gasteiger partial charge in [-0.25, -0.2) is 4.39 Å². The van der Waals surface area contributed by atoms with Gasteiger partial charge in [0, 0.05) is 32.4 Å². The summed E-state index contributed by atoms with van der Waals surface area (Å²) in [5.74, 6) is -1.73. The Hall–Kier alpha value is -3.20. The van der Waals surface area contributed by atoms with E-state index in [9.17, 15) is 23.9 Å². The molecule has 2 N–H and O–H groups in total. The number of aromatic nitrogens is 1. The molecule has 2 aromatic rings. The first-order chi connectivity index (χ1) is 15.3. The standard InChI is InChI=1S/C23H27FN4O4/c1-14(2)11-26-8-3-9-28-18(26)13-27-12-17(20(29)21(30)19(27)23(28)32)22(31)25-10-15-4-6-16(24)7-5-15/h4-7,12,14,18,30H,3,8-11,13H2,1-2H3,(H,25,31). The minimum absolute atomic E-state index is 0.0762. The molecule has 4 rings (SSSR count). The number of nitrogens with zero attached hydrogens (tertiary/aromatic N) is 3. The summed E-state index contributed by atoms with van der Waals surface area (Å²) in [6.07, 6.45) is 1.99. The van der Waals surface area contributed by atoms with Crippen LogP contribution in [0.15, 0.2) is 35.3 Å². The average molecular weight is 442 g/mol. The Kier molecular flexibility index (Phi) is 6.01. The zero-order valence-corrected chi connectivity index (χ0v) is 18.2. The number of nitrogens with one attached hydrogen (secondary N) is 1. The van der Waals surface area contributed by atoms with Gasteiger partial charge in [-0.2, -0.15) is 0 Å². The molecular formula is C23H27FN4O4. The molecule has 1 fully saturated rings. The number of amides is 2. The molecule has 0 saturated carbocycles. The van der Waals surface area contributed by atoms with E-state index in [4.69, 9.17) is 0 Å². The van der Waals surface area contributed by atoms with Crippen LogP contribution in [-0.2, 0) is 13.1 Å². The molecular weight excluding hydrogens is 415 g/mol. The van der Waals surface area contributed by atoms with Gasteiger partial charge in [0.05, 0.1) is 6.54 Å². The summed E-state index contributed by atoms with van der Waals surface area (Å²) < 4.78 is 14.6. The monoisotopic (exact) mass is 442 g/mol. The van der Waals surface area contributed by atoms with Crippen molar-refractivity contribution in [2.24, 2.45) is 5.92 Å². The van der Waals surface area contributed by atoms with Crippen molar-refractivity contribution in [2.75, 3.05) is 19.6 Å². The van der Waals surface area contributed by atoms with Crippen molar-refractivity contribution in [1.82, 2.24) is 19.7 Å². The molecule has 0 radical (unpaired) electrons. The fourth-order valence-electron chi connectivity index (χ4n) is 4.44. The third-order valence-corrected chi connectivity index (χ3v) is 5.92. The fraction of sp³-hybridized carbons (Fsp3) is 0.435. The zero-order valence-electron chi connectivity index (χ0n) is 18.2. The van der Waals surface area contributed by atoms with Gasteiger partial charge in [-0.15, -0.1) is 0 Å². The van der Waals surface area contributed by atoms with Crippen molar-refractivity contribution in [3.05, 3.63) is 63.3 Å². The molecule has 1 aromatic heterocycles. The van der Waals surface area contributed by atoms with E-state index in [1.54, 1.807) is 4.90 Å². The largest absolute Gasteiger partial charge is 0.503 e. The lowest BCUT2D eigenvalue weighted by Gasteiger charge is -2.47. The maximum atomic E-state index is 13.1. The van der Waals surface area contributed by atoms with Crippen LogP contribution in [0.1, 0.15) is 46.7 Å². The third kappa shape index (κ3) is 4.12. The molecule has 2 aliphatic rings. The highest BCUT2D eigenvalue weighted by atomic mass is 19.1. The summed E-state index contributed by atoms with van der Waals surface area (Å²) in [4.78, 5) is 42.5. The van der Waals surface area contributed by atoms with E-state index >= 15 is 0 Å². The number of hydrogen-bond donors (Lipinski definition) is 2. The van der Waals surface area contributed by atoms with Gasteiger partial charge in [-0.1, -0.05) is 26.0 Å². The Morgan fingerprint density at radius 1 is 1.22 bits per heavy atom. The van der Waals surface area contributed by atoms with Crippen LogP contribution in [0, 0.1) is 11.7 Å². The van der Waals surface area contributed by atoms with Crippen LogP contribution in [0.2, 0.25) is 0 Å². The summed E-state index contributed by atoms with van der Waals surface area (Å²) in [5, 5.41) is 13.2. The predicted octanol–water partition coefficient (Wildman–Crippen LogP) is 1.77. The molecule has 0 spiro atoms. The quantitative estimate of drug-likeness (QED) is 0.736. The van der Waals surface area contributed by atoms with E-state index in [1.165, 1.54) is 35.0 Å². The van der Waals surface area contributed by atoms with Crippen LogP contribution in [0.5, 0.6) is 5.75 Å². The lowest BCUT2D eigenvalue weighted by molar-refractivity contribution is -0.0146. The minimum atomic E-state index is -0.879. The summed E-state index contributed by atoms with van der Waals surface area (Å²) in [5.41, 5.74) is -0.524. The van der Waals surface area contributed by atoms with E-state index < -0.39 is 23.0 Å². The first-order valence-electron chi connectivity index (χ1n) is 10.8. The molecule has 1 atom stereocenters. The first-order valence-corrected chi connectivity index (χ1v) is 10.8. The lowest BCUT2D eigenvalue weighted by Crippen LogP contribution is -2.61. The van der Waals surface area contributed by atoms with Crippen LogP contribution in [0.4, 0.5) is 4.39 Å². The fourth-order valence-corrected chi connectivity index (χ4v) is 4.44. The lowest BCUT2D eigenvalue weighted by atomic mass is 10.1. The summed E-state index contributed by atoms with van der Waals surface area (Å²) in [6, 6.07) is 5.63. The Morgan fingerprint density at radius 2 is 1.94 bits per heavy atom. The second kappa shape index (κ2) is 8.74. The normalized spacial score (nSPS) is 18.4. The molecule has 0 bridgehead atoms. The number of carbonyl (C=O) groups is 2. The number of benzene rings is 1. The predicted molar refractivity (Wildman–Crippen MR) is 116 cm³/mol. The molecule has 0 aliphatic carbocycles. The van der Waals surface area contributed by atoms with E-state index in [0.29, 0.717) is 24.6 Å². The van der Waals surface area contributed by atoms with Crippen LogP contribution in [-0.4, -0.2) is 57.1 Å². The maximum Gasteiger partial charge on any atom is 0.275 e. The maximum absolute atomic E-state index is 13.1. The molecule has 32 heavy (non-hydrogen) atoms. The Labute approximate surface area is 185 Å². The van der Waals surface area contributed by atoms with Crippen molar-refractivity contribution in [3.8, 4) is 5.75 Å². The molecule has 1 unspecified atom stereocenters. The highest BCUT2D eigenvalue weighted by Crippen LogP contribution is 2.28. The molecule has 1 aromatic carbocycles. The van der Waals surface area contributed by atoms with Gasteiger partial charge in [0.15, 0.2) is 11.4 Å². The smallest absolute Gasteiger partial charge is 0.275 e. The second-order valence-electron chi connectivity index (χ2n) is 8.75. The number of rotatable bonds is 5. The van der Waals surface area contributed by atoms with E-state index in [1.807, 2.05) is 0 Å². The molecule has 1 saturated heterocycles. The third-order valence-electron chi connectivity index (χ3n) is 5.92. The van der Waals surface area contributed by atoms with Gasteiger partial charge in [-0.05, 0) is 30.0 Å². The highest BCUT2D eigenvalue weighted by molar-refractivity contribution is 5.99. The van der Waals surface area contributed by atoms with Crippen LogP contribution >= 0.6 is 0 Å². The minimum Gasteiger partial charge on any atom is -0.503 e. The van der Waals surface area contributed by atoms with E-state index in [0.717, 1.165) is 19.5 Å². The van der Waals surface area contributed by atoms with Crippen molar-refractivity contribution >= 4 is 11.8 Å². The van der Waals surface area contributed by atoms with Gasteiger partial charge in [0.1, 0.15) is 17.5 Å². The van der Waals surface area contributed by atoms with Gasteiger partial charge in [-0.3, -0.25) is 19.3 Å². The summed E-state index contributed by atoms with van der Waals surface area (Å²) >= 11 is 0. The molecule has 2 amide bonds. The SMILES string of the molecule is CC(C)CN1CCCN2C(=O)c3c(O)c(=O)c(C(=O)NCc4ccc(F)cc4)cn3CC12. The Balaban J connectivity index is 1.62. The van der Waals surface area contributed by atoms with Crippen molar-refractivity contribution in [3.63, 3.8) is 0 Å². The zero-order chi connectivity index (χ0) is 23.0. The summed E-state index contributed by atoms with van der Waals surface area (Å²) in [6.45, 7) is 6.93. The van der Waals surface area contributed by atoms with Gasteiger partial charge in [0.25, 0.3) is 11.8 Å². The van der Waals surface area contributed by atoms with E-state index in [2.05, 4.69) is 24.1 Å². The number of fused-ring (bicyclic) bond motifs is 2. The number of aromatic hydroxyl groups is 1. The van der Waals surface area contributed by atoms with Crippen LogP contribution in [0.25, 0.3) is 0 Å². The van der Waals surface area contributed by atoms with Gasteiger partial charge >= 0.3 is 0 Å². The number of hydrogen-bond acceptors (Lipinski definition) is 5. The second-order valence-corrected chi connectivity index (χ2v) is 8.75. The van der Waals surface area contributed by atoms with Gasteiger partial charge < -0.3 is 19.9 Å². The van der Waals surface area contributed by atoms with E-state index in [-0.39, 0.29) is 29.8 Å². The molecule has 3 heterocycles. The molecule has 2 aliphatic heterocycles. The van der Waals surface area contributed by atoms with Gasteiger partial charge in [0.2, 0.25) is 5.43 Å². The van der Waals surface area contributed by atoms with Crippen molar-refractivity contribution in [1.29, 1.82) is 0 Å². The van der Waals surface area contributed by atoms with Crippen molar-refractivity contribution in [2.45, 2.75) is 39.5 Å². The number of halogens is 1. The average Bonchev–Trinajstić information content (AvgIpc) is 2.76. The molecule has 170 valence electrons. The Bertz CT molecular complexity index is 1100. The Morgan fingerprint density at radius 3 is 2.62 bits per heavy atom. The highest BCUT2D eigenvalue weighted by Gasteiger charge is 2.40. The first kappa shape index (κ1) is 22.0. The summed E-state index contributed by atoms with van der Waals surface area (Å²) in [7, 11) is 0. The topological polar surface area (TPSA) is 94.9 Å². The van der Waals surface area contributed by atoms with Crippen molar-refractivity contribution < 1.29 is 19.1 Å². The van der Waals surface area contributed by atoms with Crippen LogP contribution < -0.4 is 10.7 Å². The molecule has 9 heteroatoms.